The van der Waals surface area contributed by atoms with Gasteiger partial charge >= 0.3 is 0 Å². The van der Waals surface area contributed by atoms with Crippen LogP contribution in [-0.4, -0.2) is 30.1 Å². The summed E-state index contributed by atoms with van der Waals surface area (Å²) in [4.78, 5) is 20.8. The molecule has 1 aromatic heterocycles. The number of nitrogens with zero attached hydrogens (tertiary/aromatic N) is 2. The second-order valence-electron chi connectivity index (χ2n) is 6.34. The second-order valence-corrected chi connectivity index (χ2v) is 6.34. The number of rotatable bonds is 8. The molecule has 0 bridgehead atoms. The molecule has 7 heteroatoms. The summed E-state index contributed by atoms with van der Waals surface area (Å²) < 4.78 is 10.5. The molecule has 3 aromatic rings. The van der Waals surface area contributed by atoms with Crippen molar-refractivity contribution in [3.05, 3.63) is 71.5 Å². The highest BCUT2D eigenvalue weighted by Gasteiger charge is 2.09. The predicted octanol–water partition coefficient (Wildman–Crippen LogP) is 3.92. The molecule has 0 unspecified atom stereocenters. The largest absolute Gasteiger partial charge is 0.493 e. The molecule has 0 atom stereocenters. The Morgan fingerprint density at radius 1 is 0.931 bits per heavy atom. The van der Waals surface area contributed by atoms with Gasteiger partial charge in [-0.3, -0.25) is 4.79 Å². The van der Waals surface area contributed by atoms with E-state index >= 15 is 0 Å². The molecule has 1 amide bonds. The van der Waals surface area contributed by atoms with Crippen LogP contribution < -0.4 is 20.1 Å². The van der Waals surface area contributed by atoms with Gasteiger partial charge in [-0.15, -0.1) is 0 Å². The summed E-state index contributed by atoms with van der Waals surface area (Å²) in [7, 11) is 3.20. The van der Waals surface area contributed by atoms with E-state index in [2.05, 4.69) is 27.5 Å². The van der Waals surface area contributed by atoms with Crippen LogP contribution in [-0.2, 0) is 13.0 Å². The van der Waals surface area contributed by atoms with Crippen molar-refractivity contribution < 1.29 is 14.3 Å². The number of nitrogens with one attached hydrogen (secondary N) is 2. The molecule has 0 fully saturated rings. The molecule has 0 saturated heterocycles. The van der Waals surface area contributed by atoms with Crippen LogP contribution in [0.25, 0.3) is 0 Å². The minimum absolute atomic E-state index is 0.249. The van der Waals surface area contributed by atoms with E-state index in [1.54, 1.807) is 14.2 Å². The van der Waals surface area contributed by atoms with Crippen molar-refractivity contribution in [2.45, 2.75) is 19.9 Å². The Bertz CT molecular complexity index is 957. The topological polar surface area (TPSA) is 85.4 Å². The van der Waals surface area contributed by atoms with Gasteiger partial charge in [-0.1, -0.05) is 25.1 Å². The molecule has 0 spiro atoms. The van der Waals surface area contributed by atoms with Crippen LogP contribution >= 0.6 is 0 Å². The zero-order chi connectivity index (χ0) is 20.6. The van der Waals surface area contributed by atoms with E-state index in [0.717, 1.165) is 17.7 Å². The fraction of sp³-hybridized carbons (Fsp3) is 0.227. The molecular formula is C22H24N4O3. The molecule has 0 aliphatic carbocycles. The van der Waals surface area contributed by atoms with E-state index in [1.807, 2.05) is 42.5 Å². The van der Waals surface area contributed by atoms with E-state index in [0.29, 0.717) is 29.6 Å². The third-order valence-electron chi connectivity index (χ3n) is 4.43. The highest BCUT2D eigenvalue weighted by atomic mass is 16.5. The first-order valence-electron chi connectivity index (χ1n) is 9.30. The Kier molecular flexibility index (Phi) is 6.63. The van der Waals surface area contributed by atoms with Crippen molar-refractivity contribution in [2.24, 2.45) is 0 Å². The summed E-state index contributed by atoms with van der Waals surface area (Å²) in [6, 6.07) is 13.4. The highest BCUT2D eigenvalue weighted by molar-refractivity contribution is 6.03. The molecule has 0 aliphatic rings. The maximum atomic E-state index is 12.4. The molecule has 0 aliphatic heterocycles. The van der Waals surface area contributed by atoms with Gasteiger partial charge in [0.15, 0.2) is 11.5 Å². The first-order valence-corrected chi connectivity index (χ1v) is 9.30. The molecule has 2 aromatic carbocycles. The number of carbonyl (C=O) groups is 1. The number of ether oxygens (including phenoxy) is 2. The van der Waals surface area contributed by atoms with Crippen LogP contribution in [0.3, 0.4) is 0 Å². The normalized spacial score (nSPS) is 10.3. The summed E-state index contributed by atoms with van der Waals surface area (Å²) >= 11 is 0. The molecule has 0 saturated carbocycles. The number of anilines is 2. The van der Waals surface area contributed by atoms with Crippen molar-refractivity contribution in [2.75, 3.05) is 24.9 Å². The molecule has 150 valence electrons. The van der Waals surface area contributed by atoms with Gasteiger partial charge in [0.1, 0.15) is 0 Å². The van der Waals surface area contributed by atoms with Gasteiger partial charge in [0.2, 0.25) is 5.95 Å². The summed E-state index contributed by atoms with van der Waals surface area (Å²) in [5.41, 5.74) is 3.34. The van der Waals surface area contributed by atoms with E-state index in [1.165, 1.54) is 18.0 Å². The van der Waals surface area contributed by atoms with Crippen LogP contribution in [0.15, 0.2) is 54.9 Å². The molecule has 3 rings (SSSR count). The fourth-order valence-corrected chi connectivity index (χ4v) is 2.74. The lowest BCUT2D eigenvalue weighted by atomic mass is 10.1. The molecule has 1 heterocycles. The number of aryl methyl sites for hydroxylation is 1. The van der Waals surface area contributed by atoms with Crippen molar-refractivity contribution in [3.63, 3.8) is 0 Å². The number of hydrogen-bond donors (Lipinski definition) is 2. The lowest BCUT2D eigenvalue weighted by Crippen LogP contribution is -2.13. The average molecular weight is 392 g/mol. The second kappa shape index (κ2) is 9.54. The number of aromatic nitrogens is 2. The molecule has 7 nitrogen and oxygen atoms in total. The third-order valence-corrected chi connectivity index (χ3v) is 4.43. The van der Waals surface area contributed by atoms with Gasteiger partial charge in [0, 0.05) is 24.6 Å². The molecule has 0 radical (unpaired) electrons. The van der Waals surface area contributed by atoms with Crippen molar-refractivity contribution in [1.82, 2.24) is 9.97 Å². The Labute approximate surface area is 170 Å². The standard InChI is InChI=1S/C22H24N4O3/c1-4-15-5-8-18(9-6-15)26-21(27)17-13-24-22(25-14-17)23-12-16-7-10-19(28-2)20(11-16)29-3/h5-11,13-14H,4,12H2,1-3H3,(H,26,27)(H,23,24,25). The maximum Gasteiger partial charge on any atom is 0.258 e. The Morgan fingerprint density at radius 2 is 1.59 bits per heavy atom. The molecule has 2 N–H and O–H groups in total. The minimum Gasteiger partial charge on any atom is -0.493 e. The lowest BCUT2D eigenvalue weighted by molar-refractivity contribution is 0.102. The SMILES string of the molecule is CCc1ccc(NC(=O)c2cnc(NCc3ccc(OC)c(OC)c3)nc2)cc1. The van der Waals surface area contributed by atoms with Gasteiger partial charge in [-0.05, 0) is 41.8 Å². The minimum atomic E-state index is -0.249. The number of benzene rings is 2. The fourth-order valence-electron chi connectivity index (χ4n) is 2.74. The molecule has 29 heavy (non-hydrogen) atoms. The quantitative estimate of drug-likeness (QED) is 0.604. The summed E-state index contributed by atoms with van der Waals surface area (Å²) in [5.74, 6) is 1.52. The summed E-state index contributed by atoms with van der Waals surface area (Å²) in [6.07, 6.45) is 3.96. The van der Waals surface area contributed by atoms with E-state index in [-0.39, 0.29) is 5.91 Å². The monoisotopic (exact) mass is 392 g/mol. The van der Waals surface area contributed by atoms with Crippen LogP contribution in [0.1, 0.15) is 28.4 Å². The van der Waals surface area contributed by atoms with Gasteiger partial charge < -0.3 is 20.1 Å². The van der Waals surface area contributed by atoms with Crippen LogP contribution in [0.4, 0.5) is 11.6 Å². The maximum absolute atomic E-state index is 12.4. The number of hydrogen-bond acceptors (Lipinski definition) is 6. The number of methoxy groups -OCH3 is 2. The number of carbonyl (C=O) groups excluding carboxylic acids is 1. The third kappa shape index (κ3) is 5.22. The smallest absolute Gasteiger partial charge is 0.258 e. The van der Waals surface area contributed by atoms with Gasteiger partial charge in [0.25, 0.3) is 5.91 Å². The van der Waals surface area contributed by atoms with Crippen molar-refractivity contribution >= 4 is 17.5 Å². The summed E-state index contributed by atoms with van der Waals surface area (Å²) in [6.45, 7) is 2.60. The van der Waals surface area contributed by atoms with Gasteiger partial charge in [-0.2, -0.15) is 0 Å². The van der Waals surface area contributed by atoms with E-state index in [4.69, 9.17) is 9.47 Å². The zero-order valence-corrected chi connectivity index (χ0v) is 16.7. The van der Waals surface area contributed by atoms with Gasteiger partial charge in [-0.25, -0.2) is 9.97 Å². The number of amides is 1. The lowest BCUT2D eigenvalue weighted by Gasteiger charge is -2.10. The van der Waals surface area contributed by atoms with Crippen molar-refractivity contribution in [1.29, 1.82) is 0 Å². The van der Waals surface area contributed by atoms with E-state index in [9.17, 15) is 4.79 Å². The molecular weight excluding hydrogens is 368 g/mol. The Balaban J connectivity index is 1.58. The van der Waals surface area contributed by atoms with Crippen molar-refractivity contribution in [3.8, 4) is 11.5 Å². The first-order chi connectivity index (χ1) is 14.1. The van der Waals surface area contributed by atoms with Crippen LogP contribution in [0.5, 0.6) is 11.5 Å². The summed E-state index contributed by atoms with van der Waals surface area (Å²) in [5, 5.41) is 5.97. The first kappa shape index (κ1) is 20.1. The van der Waals surface area contributed by atoms with Crippen LogP contribution in [0, 0.1) is 0 Å². The average Bonchev–Trinajstić information content (AvgIpc) is 2.78. The van der Waals surface area contributed by atoms with Crippen LogP contribution in [0.2, 0.25) is 0 Å². The highest BCUT2D eigenvalue weighted by Crippen LogP contribution is 2.27. The zero-order valence-electron chi connectivity index (χ0n) is 16.7. The Morgan fingerprint density at radius 3 is 2.21 bits per heavy atom. The predicted molar refractivity (Wildman–Crippen MR) is 113 cm³/mol. The van der Waals surface area contributed by atoms with Gasteiger partial charge in [0.05, 0.1) is 19.8 Å². The van der Waals surface area contributed by atoms with E-state index < -0.39 is 0 Å². The Hall–Kier alpha value is -3.61.